The van der Waals surface area contributed by atoms with Gasteiger partial charge in [0.05, 0.1) is 12.2 Å². The van der Waals surface area contributed by atoms with Crippen molar-refractivity contribution in [2.75, 3.05) is 6.54 Å². The van der Waals surface area contributed by atoms with Gasteiger partial charge in [0.1, 0.15) is 5.82 Å². The third-order valence-electron chi connectivity index (χ3n) is 2.78. The van der Waals surface area contributed by atoms with Crippen LogP contribution in [0.1, 0.15) is 30.8 Å². The first-order chi connectivity index (χ1) is 8.29. The molecule has 1 atom stereocenters. The Labute approximate surface area is 101 Å². The van der Waals surface area contributed by atoms with E-state index in [1.54, 1.807) is 6.20 Å². The molecule has 0 aliphatic heterocycles. The van der Waals surface area contributed by atoms with Crippen LogP contribution in [-0.4, -0.2) is 26.3 Å². The quantitative estimate of drug-likeness (QED) is 0.793. The summed E-state index contributed by atoms with van der Waals surface area (Å²) in [5, 5.41) is 7.62. The van der Waals surface area contributed by atoms with Crippen LogP contribution in [-0.2, 0) is 13.5 Å². The number of aromatic amines is 1. The van der Waals surface area contributed by atoms with Crippen LogP contribution in [0.3, 0.4) is 0 Å². The molecule has 2 rings (SSSR count). The molecule has 5 heteroatoms. The first-order valence-electron chi connectivity index (χ1n) is 5.99. The van der Waals surface area contributed by atoms with Gasteiger partial charge in [0.25, 0.3) is 0 Å². The monoisotopic (exact) mass is 233 g/mol. The van der Waals surface area contributed by atoms with E-state index in [0.717, 1.165) is 25.2 Å². The fourth-order valence-electron chi connectivity index (χ4n) is 1.96. The summed E-state index contributed by atoms with van der Waals surface area (Å²) >= 11 is 0. The lowest BCUT2D eigenvalue weighted by molar-refractivity contribution is 0.494. The van der Waals surface area contributed by atoms with E-state index in [4.69, 9.17) is 0 Å². The van der Waals surface area contributed by atoms with E-state index in [2.05, 4.69) is 33.5 Å². The molecule has 0 radical (unpaired) electrons. The average molecular weight is 233 g/mol. The molecule has 0 saturated carbocycles. The van der Waals surface area contributed by atoms with Gasteiger partial charge in [0.2, 0.25) is 0 Å². The predicted molar refractivity (Wildman–Crippen MR) is 66.5 cm³/mol. The Balaban J connectivity index is 1.94. The van der Waals surface area contributed by atoms with Gasteiger partial charge in [0.15, 0.2) is 0 Å². The van der Waals surface area contributed by atoms with Crippen molar-refractivity contribution >= 4 is 0 Å². The third-order valence-corrected chi connectivity index (χ3v) is 2.78. The van der Waals surface area contributed by atoms with Gasteiger partial charge < -0.3 is 10.3 Å². The van der Waals surface area contributed by atoms with Crippen LogP contribution < -0.4 is 5.32 Å². The van der Waals surface area contributed by atoms with Gasteiger partial charge in [0, 0.05) is 25.6 Å². The van der Waals surface area contributed by atoms with Crippen LogP contribution in [0.25, 0.3) is 0 Å². The zero-order valence-electron chi connectivity index (χ0n) is 10.3. The Hall–Kier alpha value is -1.62. The number of nitrogens with zero attached hydrogens (tertiary/aromatic N) is 3. The molecule has 17 heavy (non-hydrogen) atoms. The van der Waals surface area contributed by atoms with Gasteiger partial charge >= 0.3 is 0 Å². The number of aryl methyl sites for hydroxylation is 2. The van der Waals surface area contributed by atoms with Gasteiger partial charge in [-0.05, 0) is 24.9 Å². The van der Waals surface area contributed by atoms with Gasteiger partial charge in [-0.2, -0.15) is 5.10 Å². The SMILES string of the molecule is CCNC(CCc1cnn(C)c1)c1ncc[nH]1. The first kappa shape index (κ1) is 11.9. The molecular formula is C12H19N5. The Kier molecular flexibility index (Phi) is 3.93. The molecule has 0 bridgehead atoms. The molecule has 0 fully saturated rings. The van der Waals surface area contributed by atoms with Crippen molar-refractivity contribution in [2.45, 2.75) is 25.8 Å². The molecule has 0 saturated heterocycles. The van der Waals surface area contributed by atoms with E-state index >= 15 is 0 Å². The van der Waals surface area contributed by atoms with Crippen molar-refractivity contribution in [3.8, 4) is 0 Å². The van der Waals surface area contributed by atoms with Gasteiger partial charge in [-0.1, -0.05) is 6.92 Å². The summed E-state index contributed by atoms with van der Waals surface area (Å²) in [5.41, 5.74) is 1.27. The number of hydrogen-bond donors (Lipinski definition) is 2. The summed E-state index contributed by atoms with van der Waals surface area (Å²) < 4.78 is 1.84. The normalized spacial score (nSPS) is 12.8. The highest BCUT2D eigenvalue weighted by Crippen LogP contribution is 2.15. The van der Waals surface area contributed by atoms with E-state index in [0.29, 0.717) is 0 Å². The van der Waals surface area contributed by atoms with Crippen LogP contribution >= 0.6 is 0 Å². The van der Waals surface area contributed by atoms with E-state index in [9.17, 15) is 0 Å². The van der Waals surface area contributed by atoms with Crippen molar-refractivity contribution in [1.82, 2.24) is 25.1 Å². The maximum Gasteiger partial charge on any atom is 0.123 e. The Bertz CT molecular complexity index is 431. The number of rotatable bonds is 6. The Morgan fingerprint density at radius 1 is 1.53 bits per heavy atom. The maximum absolute atomic E-state index is 4.31. The standard InChI is InChI=1S/C12H19N5/c1-3-13-11(12-14-6-7-15-12)5-4-10-8-16-17(2)9-10/h6-9,11,13H,3-5H2,1-2H3,(H,14,15). The topological polar surface area (TPSA) is 58.5 Å². The molecule has 0 amide bonds. The lowest BCUT2D eigenvalue weighted by atomic mass is 10.1. The second kappa shape index (κ2) is 5.63. The molecule has 2 aromatic heterocycles. The van der Waals surface area contributed by atoms with E-state index in [1.165, 1.54) is 5.56 Å². The number of H-pyrrole nitrogens is 1. The lowest BCUT2D eigenvalue weighted by Crippen LogP contribution is -2.22. The Morgan fingerprint density at radius 3 is 3.00 bits per heavy atom. The molecule has 2 heterocycles. The van der Waals surface area contributed by atoms with Crippen molar-refractivity contribution in [3.63, 3.8) is 0 Å². The van der Waals surface area contributed by atoms with E-state index < -0.39 is 0 Å². The minimum absolute atomic E-state index is 0.287. The van der Waals surface area contributed by atoms with Gasteiger partial charge in [-0.15, -0.1) is 0 Å². The molecule has 0 aliphatic rings. The molecule has 5 nitrogen and oxygen atoms in total. The molecular weight excluding hydrogens is 214 g/mol. The predicted octanol–water partition coefficient (Wildman–Crippen LogP) is 1.43. The highest BCUT2D eigenvalue weighted by Gasteiger charge is 2.12. The largest absolute Gasteiger partial charge is 0.347 e. The summed E-state index contributed by atoms with van der Waals surface area (Å²) in [4.78, 5) is 7.48. The minimum atomic E-state index is 0.287. The second-order valence-corrected chi connectivity index (χ2v) is 4.15. The van der Waals surface area contributed by atoms with Crippen LogP contribution in [0.2, 0.25) is 0 Å². The summed E-state index contributed by atoms with van der Waals surface area (Å²) in [6.45, 7) is 3.05. The third kappa shape index (κ3) is 3.17. The van der Waals surface area contributed by atoms with Crippen molar-refractivity contribution in [2.24, 2.45) is 7.05 Å². The van der Waals surface area contributed by atoms with Crippen molar-refractivity contribution in [3.05, 3.63) is 36.2 Å². The smallest absolute Gasteiger partial charge is 0.123 e. The summed E-state index contributed by atoms with van der Waals surface area (Å²) in [6, 6.07) is 0.287. The summed E-state index contributed by atoms with van der Waals surface area (Å²) in [5.74, 6) is 1.01. The zero-order chi connectivity index (χ0) is 12.1. The number of hydrogen-bond acceptors (Lipinski definition) is 3. The number of aromatic nitrogens is 4. The Morgan fingerprint density at radius 2 is 2.41 bits per heavy atom. The molecule has 0 aromatic carbocycles. The average Bonchev–Trinajstić information content (AvgIpc) is 2.95. The number of imidazole rings is 1. The van der Waals surface area contributed by atoms with Crippen LogP contribution in [0, 0.1) is 0 Å². The molecule has 1 unspecified atom stereocenters. The molecule has 92 valence electrons. The highest BCUT2D eigenvalue weighted by atomic mass is 15.2. The van der Waals surface area contributed by atoms with Gasteiger partial charge in [-0.3, -0.25) is 4.68 Å². The molecule has 2 aromatic rings. The molecule has 2 N–H and O–H groups in total. The van der Waals surface area contributed by atoms with Crippen molar-refractivity contribution in [1.29, 1.82) is 0 Å². The second-order valence-electron chi connectivity index (χ2n) is 4.15. The first-order valence-corrected chi connectivity index (χ1v) is 5.99. The lowest BCUT2D eigenvalue weighted by Gasteiger charge is -2.14. The fraction of sp³-hybridized carbons (Fsp3) is 0.500. The van der Waals surface area contributed by atoms with Crippen LogP contribution in [0.5, 0.6) is 0 Å². The van der Waals surface area contributed by atoms with Crippen molar-refractivity contribution < 1.29 is 0 Å². The molecule has 0 aliphatic carbocycles. The van der Waals surface area contributed by atoms with Crippen LogP contribution in [0.4, 0.5) is 0 Å². The minimum Gasteiger partial charge on any atom is -0.347 e. The fourth-order valence-corrected chi connectivity index (χ4v) is 1.96. The number of nitrogens with one attached hydrogen (secondary N) is 2. The van der Waals surface area contributed by atoms with E-state index in [1.807, 2.05) is 24.1 Å². The summed E-state index contributed by atoms with van der Waals surface area (Å²) in [6.07, 6.45) is 9.67. The highest BCUT2D eigenvalue weighted by molar-refractivity contribution is 5.05. The van der Waals surface area contributed by atoms with Crippen LogP contribution in [0.15, 0.2) is 24.8 Å². The van der Waals surface area contributed by atoms with Gasteiger partial charge in [-0.25, -0.2) is 4.98 Å². The maximum atomic E-state index is 4.31. The van der Waals surface area contributed by atoms with E-state index in [-0.39, 0.29) is 6.04 Å². The summed E-state index contributed by atoms with van der Waals surface area (Å²) in [7, 11) is 1.94. The zero-order valence-corrected chi connectivity index (χ0v) is 10.3. The molecule has 0 spiro atoms.